The molecule has 19 heavy (non-hydrogen) atoms. The zero-order valence-electron chi connectivity index (χ0n) is 9.79. The summed E-state index contributed by atoms with van der Waals surface area (Å²) in [7, 11) is -1.58. The first kappa shape index (κ1) is 11.7. The van der Waals surface area contributed by atoms with Crippen LogP contribution in [0.2, 0.25) is 0 Å². The fraction of sp³-hybridized carbons (Fsp3) is 0. The van der Waals surface area contributed by atoms with Crippen LogP contribution in [-0.4, -0.2) is 32.1 Å². The Morgan fingerprint density at radius 3 is 2.58 bits per heavy atom. The quantitative estimate of drug-likeness (QED) is 0.468. The van der Waals surface area contributed by atoms with Crippen molar-refractivity contribution in [1.29, 1.82) is 0 Å². The van der Waals surface area contributed by atoms with Gasteiger partial charge in [0.25, 0.3) is 5.56 Å². The molecule has 0 unspecified atom stereocenters. The second kappa shape index (κ2) is 4.38. The summed E-state index contributed by atoms with van der Waals surface area (Å²) in [6.45, 7) is 0. The second-order valence-corrected chi connectivity index (χ2v) is 4.13. The fourth-order valence-electron chi connectivity index (χ4n) is 1.91. The average Bonchev–Trinajstić information content (AvgIpc) is 2.88. The Balaban J connectivity index is 2.17. The van der Waals surface area contributed by atoms with E-state index in [1.54, 1.807) is 30.3 Å². The van der Waals surface area contributed by atoms with Crippen LogP contribution in [0.15, 0.2) is 41.2 Å². The number of rotatable bonds is 2. The summed E-state index contributed by atoms with van der Waals surface area (Å²) in [4.78, 5) is 21.7. The van der Waals surface area contributed by atoms with Crippen molar-refractivity contribution in [3.8, 4) is 11.5 Å². The molecular weight excluding hydrogens is 245 g/mol. The lowest BCUT2D eigenvalue weighted by atomic mass is 9.87. The highest BCUT2D eigenvalue weighted by molar-refractivity contribution is 6.57. The molecule has 3 rings (SSSR count). The first-order chi connectivity index (χ1) is 9.15. The lowest BCUT2D eigenvalue weighted by Gasteiger charge is -2.01. The number of aromatic amines is 2. The van der Waals surface area contributed by atoms with E-state index in [0.29, 0.717) is 22.4 Å². The third kappa shape index (κ3) is 2.05. The van der Waals surface area contributed by atoms with Gasteiger partial charge in [-0.1, -0.05) is 12.1 Å². The molecule has 0 saturated carbocycles. The van der Waals surface area contributed by atoms with Gasteiger partial charge >= 0.3 is 7.12 Å². The van der Waals surface area contributed by atoms with Gasteiger partial charge in [-0.15, -0.1) is 0 Å². The molecule has 0 aliphatic rings. The van der Waals surface area contributed by atoms with Gasteiger partial charge < -0.3 is 20.0 Å². The molecule has 0 radical (unpaired) electrons. The van der Waals surface area contributed by atoms with Crippen molar-refractivity contribution in [3.05, 3.63) is 46.8 Å². The van der Waals surface area contributed by atoms with Crippen molar-refractivity contribution in [2.75, 3.05) is 0 Å². The van der Waals surface area contributed by atoms with Gasteiger partial charge in [0.1, 0.15) is 0 Å². The first-order valence-electron chi connectivity index (χ1n) is 5.69. The minimum absolute atomic E-state index is 0.235. The van der Waals surface area contributed by atoms with Crippen LogP contribution in [0.3, 0.4) is 0 Å². The van der Waals surface area contributed by atoms with Crippen molar-refractivity contribution in [2.24, 2.45) is 0 Å². The molecule has 0 atom stereocenters. The standard InChI is InChI=1S/C12H10BN3O3/c17-12-7-3-1-2-4-8(7)15-11(16-12)9-5-6-10(14-9)13(18)19/h1-6,14,18-19H,(H,15,16,17). The molecule has 0 aliphatic carbocycles. The minimum atomic E-state index is -1.58. The zero-order valence-corrected chi connectivity index (χ0v) is 9.79. The molecular formula is C12H10BN3O3. The SMILES string of the molecule is O=c1[nH]c(-c2ccc(B(O)O)[nH]2)nc2ccccc12. The predicted molar refractivity (Wildman–Crippen MR) is 72.0 cm³/mol. The number of nitrogens with zero attached hydrogens (tertiary/aromatic N) is 1. The molecule has 4 N–H and O–H groups in total. The van der Waals surface area contributed by atoms with E-state index < -0.39 is 7.12 Å². The Morgan fingerprint density at radius 1 is 1.05 bits per heavy atom. The molecule has 2 heterocycles. The van der Waals surface area contributed by atoms with Crippen LogP contribution < -0.4 is 11.2 Å². The van der Waals surface area contributed by atoms with E-state index in [1.165, 1.54) is 6.07 Å². The highest BCUT2D eigenvalue weighted by Gasteiger charge is 2.14. The van der Waals surface area contributed by atoms with Crippen molar-refractivity contribution in [3.63, 3.8) is 0 Å². The summed E-state index contributed by atoms with van der Waals surface area (Å²) < 4.78 is 0. The number of H-pyrrole nitrogens is 2. The number of hydrogen-bond donors (Lipinski definition) is 4. The highest BCUT2D eigenvalue weighted by Crippen LogP contribution is 2.13. The molecule has 7 heteroatoms. The Hall–Kier alpha value is -2.38. The van der Waals surface area contributed by atoms with E-state index >= 15 is 0 Å². The lowest BCUT2D eigenvalue weighted by molar-refractivity contribution is 0.424. The van der Waals surface area contributed by atoms with Crippen molar-refractivity contribution in [1.82, 2.24) is 15.0 Å². The van der Waals surface area contributed by atoms with Gasteiger partial charge in [-0.3, -0.25) is 4.79 Å². The van der Waals surface area contributed by atoms with Crippen LogP contribution in [0, 0.1) is 0 Å². The van der Waals surface area contributed by atoms with Crippen LogP contribution >= 0.6 is 0 Å². The zero-order chi connectivity index (χ0) is 13.4. The number of para-hydroxylation sites is 1. The molecule has 3 aromatic rings. The second-order valence-electron chi connectivity index (χ2n) is 4.13. The molecule has 0 amide bonds. The number of nitrogens with one attached hydrogen (secondary N) is 2. The normalized spacial score (nSPS) is 10.8. The molecule has 2 aromatic heterocycles. The van der Waals surface area contributed by atoms with Gasteiger partial charge in [0.05, 0.1) is 16.6 Å². The number of benzene rings is 1. The van der Waals surface area contributed by atoms with Gasteiger partial charge in [0, 0.05) is 5.59 Å². The Labute approximate surface area is 107 Å². The maximum absolute atomic E-state index is 11.9. The van der Waals surface area contributed by atoms with Crippen LogP contribution in [0.1, 0.15) is 0 Å². The average molecular weight is 255 g/mol. The van der Waals surface area contributed by atoms with Crippen LogP contribution in [0.25, 0.3) is 22.4 Å². The Morgan fingerprint density at radius 2 is 1.84 bits per heavy atom. The summed E-state index contributed by atoms with van der Waals surface area (Å²) in [5, 5.41) is 18.6. The maximum Gasteiger partial charge on any atom is 0.505 e. The maximum atomic E-state index is 11.9. The van der Waals surface area contributed by atoms with Gasteiger partial charge in [-0.2, -0.15) is 0 Å². The molecule has 6 nitrogen and oxygen atoms in total. The van der Waals surface area contributed by atoms with Crippen LogP contribution in [0.5, 0.6) is 0 Å². The van der Waals surface area contributed by atoms with E-state index in [-0.39, 0.29) is 11.2 Å². The summed E-state index contributed by atoms with van der Waals surface area (Å²) in [5.41, 5.74) is 1.11. The largest absolute Gasteiger partial charge is 0.505 e. The summed E-state index contributed by atoms with van der Waals surface area (Å²) in [6, 6.07) is 10.2. The molecule has 0 spiro atoms. The van der Waals surface area contributed by atoms with Crippen molar-refractivity contribution in [2.45, 2.75) is 0 Å². The van der Waals surface area contributed by atoms with E-state index in [4.69, 9.17) is 10.0 Å². The first-order valence-corrected chi connectivity index (χ1v) is 5.69. The molecule has 0 saturated heterocycles. The van der Waals surface area contributed by atoms with E-state index in [2.05, 4.69) is 15.0 Å². The van der Waals surface area contributed by atoms with Gasteiger partial charge in [-0.25, -0.2) is 4.98 Å². The molecule has 0 fully saturated rings. The monoisotopic (exact) mass is 255 g/mol. The summed E-state index contributed by atoms with van der Waals surface area (Å²) in [6.07, 6.45) is 0. The topological polar surface area (TPSA) is 102 Å². The predicted octanol–water partition coefficient (Wildman–Crippen LogP) is -0.402. The summed E-state index contributed by atoms with van der Waals surface area (Å²) >= 11 is 0. The molecule has 0 aliphatic heterocycles. The van der Waals surface area contributed by atoms with Gasteiger partial charge in [0.15, 0.2) is 5.82 Å². The highest BCUT2D eigenvalue weighted by atomic mass is 16.4. The van der Waals surface area contributed by atoms with E-state index in [0.717, 1.165) is 0 Å². The van der Waals surface area contributed by atoms with E-state index in [1.807, 2.05) is 0 Å². The molecule has 0 bridgehead atoms. The fourth-order valence-corrected chi connectivity index (χ4v) is 1.91. The Bertz CT molecular complexity index is 794. The molecule has 94 valence electrons. The molecule has 1 aromatic carbocycles. The van der Waals surface area contributed by atoms with E-state index in [9.17, 15) is 4.79 Å². The number of hydrogen-bond acceptors (Lipinski definition) is 4. The van der Waals surface area contributed by atoms with Crippen molar-refractivity contribution >= 4 is 23.6 Å². The third-order valence-corrected chi connectivity index (χ3v) is 2.85. The van der Waals surface area contributed by atoms with Crippen LogP contribution in [0.4, 0.5) is 0 Å². The number of aromatic nitrogens is 3. The minimum Gasteiger partial charge on any atom is -0.422 e. The van der Waals surface area contributed by atoms with Gasteiger partial charge in [0.2, 0.25) is 0 Å². The lowest BCUT2D eigenvalue weighted by Crippen LogP contribution is -2.30. The third-order valence-electron chi connectivity index (χ3n) is 2.85. The smallest absolute Gasteiger partial charge is 0.422 e. The van der Waals surface area contributed by atoms with Gasteiger partial charge in [-0.05, 0) is 24.3 Å². The Kier molecular flexibility index (Phi) is 2.70. The van der Waals surface area contributed by atoms with Crippen molar-refractivity contribution < 1.29 is 10.0 Å². The van der Waals surface area contributed by atoms with Crippen LogP contribution in [-0.2, 0) is 0 Å². The number of fused-ring (bicyclic) bond motifs is 1. The summed E-state index contributed by atoms with van der Waals surface area (Å²) in [5.74, 6) is 0.357.